The molecule has 1 saturated heterocycles. The molecular weight excluding hydrogens is 297 g/mol. The van der Waals surface area contributed by atoms with Crippen molar-refractivity contribution in [3.63, 3.8) is 0 Å². The number of anilines is 2. The van der Waals surface area contributed by atoms with Crippen LogP contribution in [0.25, 0.3) is 0 Å². The Kier molecular flexibility index (Phi) is 3.53. The van der Waals surface area contributed by atoms with Crippen LogP contribution in [0, 0.1) is 0 Å². The van der Waals surface area contributed by atoms with Gasteiger partial charge in [-0.2, -0.15) is 18.2 Å². The van der Waals surface area contributed by atoms with Gasteiger partial charge in [0.15, 0.2) is 15.5 Å². The molecule has 1 aliphatic heterocycles. The van der Waals surface area contributed by atoms with Gasteiger partial charge >= 0.3 is 6.18 Å². The predicted octanol–water partition coefficient (Wildman–Crippen LogP) is 0.701. The third kappa shape index (κ3) is 3.11. The number of hydrogen-bond acceptors (Lipinski definition) is 6. The topological polar surface area (TPSA) is 89.2 Å². The van der Waals surface area contributed by atoms with E-state index in [9.17, 15) is 21.6 Å². The Hall–Kier alpha value is -1.58. The molecule has 6 nitrogen and oxygen atoms in total. The standard InChI is InChI=1S/C10H13F3N4O2S/c1-17(6-2-3-20(18,19)5-6)8-4-7(10(11,12)13)15-9(14)16-8/h4,6H,2-3,5H2,1H3,(H2,14,15,16). The van der Waals surface area contributed by atoms with Crippen LogP contribution in [0.3, 0.4) is 0 Å². The third-order valence-electron chi connectivity index (χ3n) is 3.14. The SMILES string of the molecule is CN(c1cc(C(F)(F)F)nc(N)n1)C1CCS(=O)(=O)C1. The van der Waals surface area contributed by atoms with Gasteiger partial charge in [0, 0.05) is 19.2 Å². The highest BCUT2D eigenvalue weighted by atomic mass is 32.2. The van der Waals surface area contributed by atoms with E-state index < -0.39 is 33.7 Å². The van der Waals surface area contributed by atoms with Crippen LogP contribution in [0.15, 0.2) is 6.07 Å². The second-order valence-electron chi connectivity index (χ2n) is 4.64. The molecule has 1 atom stereocenters. The van der Waals surface area contributed by atoms with Crippen molar-refractivity contribution in [1.29, 1.82) is 0 Å². The normalized spacial score (nSPS) is 21.9. The molecule has 0 radical (unpaired) electrons. The molecule has 112 valence electrons. The lowest BCUT2D eigenvalue weighted by Gasteiger charge is -2.25. The molecule has 1 aromatic heterocycles. The number of nitrogens with two attached hydrogens (primary N) is 1. The fourth-order valence-electron chi connectivity index (χ4n) is 2.05. The van der Waals surface area contributed by atoms with Crippen LogP contribution in [0.2, 0.25) is 0 Å². The van der Waals surface area contributed by atoms with Gasteiger partial charge in [0.2, 0.25) is 5.95 Å². The fourth-order valence-corrected chi connectivity index (χ4v) is 3.82. The van der Waals surface area contributed by atoms with Crippen molar-refractivity contribution in [3.05, 3.63) is 11.8 Å². The van der Waals surface area contributed by atoms with Crippen molar-refractivity contribution in [2.24, 2.45) is 0 Å². The Labute approximate surface area is 113 Å². The average molecular weight is 310 g/mol. The molecule has 1 aliphatic rings. The zero-order chi connectivity index (χ0) is 15.1. The number of halogens is 3. The molecule has 0 amide bonds. The molecule has 1 aromatic rings. The predicted molar refractivity (Wildman–Crippen MR) is 66.9 cm³/mol. The number of nitrogen functional groups attached to an aromatic ring is 1. The van der Waals surface area contributed by atoms with Gasteiger partial charge in [-0.1, -0.05) is 0 Å². The summed E-state index contributed by atoms with van der Waals surface area (Å²) in [5, 5.41) is 0. The first kappa shape index (κ1) is 14.8. The molecule has 2 heterocycles. The zero-order valence-electron chi connectivity index (χ0n) is 10.6. The number of aromatic nitrogens is 2. The number of sulfone groups is 1. The van der Waals surface area contributed by atoms with Gasteiger partial charge in [-0.25, -0.2) is 13.4 Å². The van der Waals surface area contributed by atoms with E-state index in [-0.39, 0.29) is 17.3 Å². The Morgan fingerprint density at radius 3 is 2.55 bits per heavy atom. The molecular formula is C10H13F3N4O2S. The minimum Gasteiger partial charge on any atom is -0.368 e. The lowest BCUT2D eigenvalue weighted by molar-refractivity contribution is -0.141. The fraction of sp³-hybridized carbons (Fsp3) is 0.600. The second kappa shape index (κ2) is 4.76. The molecule has 0 aliphatic carbocycles. The van der Waals surface area contributed by atoms with E-state index in [4.69, 9.17) is 5.73 Å². The molecule has 0 aromatic carbocycles. The zero-order valence-corrected chi connectivity index (χ0v) is 11.4. The maximum atomic E-state index is 12.7. The highest BCUT2D eigenvalue weighted by Gasteiger charge is 2.36. The monoisotopic (exact) mass is 310 g/mol. The van der Waals surface area contributed by atoms with Gasteiger partial charge in [-0.05, 0) is 6.42 Å². The Morgan fingerprint density at radius 2 is 2.05 bits per heavy atom. The maximum absolute atomic E-state index is 12.7. The molecule has 10 heteroatoms. The Morgan fingerprint density at radius 1 is 1.40 bits per heavy atom. The van der Waals surface area contributed by atoms with Gasteiger partial charge in [-0.15, -0.1) is 0 Å². The number of hydrogen-bond donors (Lipinski definition) is 1. The summed E-state index contributed by atoms with van der Waals surface area (Å²) in [7, 11) is -1.64. The lowest BCUT2D eigenvalue weighted by atomic mass is 10.2. The van der Waals surface area contributed by atoms with Gasteiger partial charge in [-0.3, -0.25) is 0 Å². The van der Waals surface area contributed by atoms with E-state index >= 15 is 0 Å². The smallest absolute Gasteiger partial charge is 0.368 e. The highest BCUT2D eigenvalue weighted by Crippen LogP contribution is 2.31. The molecule has 1 fully saturated rings. The molecule has 20 heavy (non-hydrogen) atoms. The lowest BCUT2D eigenvalue weighted by Crippen LogP contribution is -2.33. The van der Waals surface area contributed by atoms with Crippen molar-refractivity contribution in [3.8, 4) is 0 Å². The third-order valence-corrected chi connectivity index (χ3v) is 4.89. The van der Waals surface area contributed by atoms with Crippen LogP contribution in [0.5, 0.6) is 0 Å². The summed E-state index contributed by atoms with van der Waals surface area (Å²) in [5.41, 5.74) is 4.13. The second-order valence-corrected chi connectivity index (χ2v) is 6.86. The summed E-state index contributed by atoms with van der Waals surface area (Å²) in [5.74, 6) is -0.613. The van der Waals surface area contributed by atoms with Crippen molar-refractivity contribution < 1.29 is 21.6 Å². The van der Waals surface area contributed by atoms with Crippen molar-refractivity contribution >= 4 is 21.6 Å². The van der Waals surface area contributed by atoms with Crippen LogP contribution in [-0.4, -0.2) is 43.0 Å². The summed E-state index contributed by atoms with van der Waals surface area (Å²) in [4.78, 5) is 8.28. The van der Waals surface area contributed by atoms with Crippen LogP contribution >= 0.6 is 0 Å². The summed E-state index contributed by atoms with van der Waals surface area (Å²) in [6.45, 7) is 0. The number of nitrogens with zero attached hydrogens (tertiary/aromatic N) is 3. The van der Waals surface area contributed by atoms with Crippen molar-refractivity contribution in [2.45, 2.75) is 18.6 Å². The maximum Gasteiger partial charge on any atom is 0.433 e. The highest BCUT2D eigenvalue weighted by molar-refractivity contribution is 7.91. The average Bonchev–Trinajstić information content (AvgIpc) is 2.67. The minimum absolute atomic E-state index is 0.0225. The van der Waals surface area contributed by atoms with Crippen molar-refractivity contribution in [2.75, 3.05) is 29.2 Å². The molecule has 2 N–H and O–H groups in total. The van der Waals surface area contributed by atoms with Gasteiger partial charge < -0.3 is 10.6 Å². The van der Waals surface area contributed by atoms with Crippen molar-refractivity contribution in [1.82, 2.24) is 9.97 Å². The Bertz CT molecular complexity index is 617. The van der Waals surface area contributed by atoms with Crippen LogP contribution < -0.4 is 10.6 Å². The minimum atomic E-state index is -4.63. The van der Waals surface area contributed by atoms with Crippen LogP contribution in [0.4, 0.5) is 24.9 Å². The van der Waals surface area contributed by atoms with Crippen LogP contribution in [0.1, 0.15) is 12.1 Å². The molecule has 1 unspecified atom stereocenters. The first-order valence-corrected chi connectivity index (χ1v) is 7.55. The summed E-state index contributed by atoms with van der Waals surface area (Å²) in [6.07, 6.45) is -4.28. The van der Waals surface area contributed by atoms with E-state index in [1.54, 1.807) is 0 Å². The molecule has 2 rings (SSSR count). The summed E-state index contributed by atoms with van der Waals surface area (Å²) < 4.78 is 60.8. The van der Waals surface area contributed by atoms with E-state index in [1.807, 2.05) is 0 Å². The first-order chi connectivity index (χ1) is 9.08. The summed E-state index contributed by atoms with van der Waals surface area (Å²) >= 11 is 0. The number of alkyl halides is 3. The molecule has 0 bridgehead atoms. The van der Waals surface area contributed by atoms with E-state index in [0.29, 0.717) is 6.42 Å². The Balaban J connectivity index is 2.31. The quantitative estimate of drug-likeness (QED) is 0.865. The van der Waals surface area contributed by atoms with Gasteiger partial charge in [0.05, 0.1) is 11.5 Å². The van der Waals surface area contributed by atoms with E-state index in [2.05, 4.69) is 9.97 Å². The van der Waals surface area contributed by atoms with Gasteiger partial charge in [0.25, 0.3) is 0 Å². The summed E-state index contributed by atoms with van der Waals surface area (Å²) in [6, 6.07) is 0.358. The molecule has 0 spiro atoms. The first-order valence-electron chi connectivity index (χ1n) is 5.73. The van der Waals surface area contributed by atoms with E-state index in [0.717, 1.165) is 6.07 Å². The number of rotatable bonds is 2. The van der Waals surface area contributed by atoms with Gasteiger partial charge in [0.1, 0.15) is 5.82 Å². The molecule has 0 saturated carbocycles. The van der Waals surface area contributed by atoms with E-state index in [1.165, 1.54) is 11.9 Å². The largest absolute Gasteiger partial charge is 0.433 e. The van der Waals surface area contributed by atoms with Crippen LogP contribution in [-0.2, 0) is 16.0 Å².